The minimum Gasteiger partial charge on any atom is -0.383 e. The summed E-state index contributed by atoms with van der Waals surface area (Å²) in [5.41, 5.74) is 0.706. The molecule has 2 aromatic rings. The molecule has 0 saturated carbocycles. The molecular weight excluding hydrogens is 396 g/mol. The van der Waals surface area contributed by atoms with Crippen molar-refractivity contribution >= 4 is 0 Å². The Morgan fingerprint density at radius 2 is 1.80 bits per heavy atom. The highest BCUT2D eigenvalue weighted by Gasteiger charge is 2.56. The summed E-state index contributed by atoms with van der Waals surface area (Å²) in [7, 11) is 0. The summed E-state index contributed by atoms with van der Waals surface area (Å²) in [5, 5.41) is 10.3. The second kappa shape index (κ2) is 8.27. The molecule has 0 radical (unpaired) electrons. The number of benzene rings is 1. The van der Waals surface area contributed by atoms with Crippen molar-refractivity contribution in [3.63, 3.8) is 0 Å². The van der Waals surface area contributed by atoms with Gasteiger partial charge < -0.3 is 5.11 Å². The predicted octanol–water partition coefficient (Wildman–Crippen LogP) is 5.01. The van der Waals surface area contributed by atoms with Gasteiger partial charge in [-0.1, -0.05) is 18.2 Å². The van der Waals surface area contributed by atoms with E-state index in [9.17, 15) is 22.7 Å². The first-order chi connectivity index (χ1) is 13.9. The predicted molar refractivity (Wildman–Crippen MR) is 107 cm³/mol. The van der Waals surface area contributed by atoms with E-state index in [4.69, 9.17) is 0 Å². The van der Waals surface area contributed by atoms with Crippen LogP contribution in [0.4, 0.5) is 17.6 Å². The minimum absolute atomic E-state index is 0.121. The van der Waals surface area contributed by atoms with E-state index in [2.05, 4.69) is 4.98 Å². The van der Waals surface area contributed by atoms with E-state index in [-0.39, 0.29) is 25.2 Å². The molecule has 0 amide bonds. The summed E-state index contributed by atoms with van der Waals surface area (Å²) in [6, 6.07) is 9.60. The monoisotopic (exact) mass is 424 g/mol. The molecule has 1 fully saturated rings. The van der Waals surface area contributed by atoms with Crippen LogP contribution in [0.1, 0.15) is 43.5 Å². The smallest absolute Gasteiger partial charge is 0.383 e. The number of alkyl halides is 3. The third kappa shape index (κ3) is 4.67. The second-order valence-corrected chi connectivity index (χ2v) is 8.85. The molecule has 1 aliphatic heterocycles. The van der Waals surface area contributed by atoms with Gasteiger partial charge in [0.15, 0.2) is 6.10 Å². The van der Waals surface area contributed by atoms with Crippen molar-refractivity contribution < 1.29 is 22.7 Å². The van der Waals surface area contributed by atoms with Crippen LogP contribution >= 0.6 is 0 Å². The Morgan fingerprint density at radius 3 is 2.37 bits per heavy atom. The lowest BCUT2D eigenvalue weighted by Crippen LogP contribution is -2.49. The van der Waals surface area contributed by atoms with Crippen LogP contribution in [0.25, 0.3) is 0 Å². The Morgan fingerprint density at radius 1 is 1.13 bits per heavy atom. The number of aromatic nitrogens is 1. The van der Waals surface area contributed by atoms with E-state index < -0.39 is 23.2 Å². The van der Waals surface area contributed by atoms with E-state index in [0.29, 0.717) is 13.0 Å². The van der Waals surface area contributed by atoms with Crippen LogP contribution in [0, 0.1) is 18.2 Å². The van der Waals surface area contributed by atoms with E-state index >= 15 is 0 Å². The van der Waals surface area contributed by atoms with Gasteiger partial charge in [-0.05, 0) is 75.9 Å². The van der Waals surface area contributed by atoms with Gasteiger partial charge in [0.1, 0.15) is 5.82 Å². The van der Waals surface area contributed by atoms with E-state index in [1.807, 2.05) is 37.8 Å². The number of rotatable bonds is 6. The van der Waals surface area contributed by atoms with E-state index in [1.165, 1.54) is 12.1 Å². The van der Waals surface area contributed by atoms with Crippen LogP contribution in [0.15, 0.2) is 42.6 Å². The summed E-state index contributed by atoms with van der Waals surface area (Å²) in [4.78, 5) is 6.32. The molecule has 1 saturated heterocycles. The maximum atomic E-state index is 13.6. The highest BCUT2D eigenvalue weighted by Crippen LogP contribution is 2.47. The number of nitrogens with zero attached hydrogens (tertiary/aromatic N) is 2. The molecular formula is C23H28F4N2O. The van der Waals surface area contributed by atoms with Crippen LogP contribution in [-0.4, -0.2) is 40.4 Å². The molecule has 2 heterocycles. The number of pyridine rings is 1. The number of likely N-dealkylation sites (tertiary alicyclic amines) is 1. The summed E-state index contributed by atoms with van der Waals surface area (Å²) >= 11 is 0. The Balaban J connectivity index is 1.84. The van der Waals surface area contributed by atoms with Gasteiger partial charge in [0.05, 0.1) is 0 Å². The molecule has 30 heavy (non-hydrogen) atoms. The first-order valence-electron chi connectivity index (χ1n) is 10.1. The van der Waals surface area contributed by atoms with Crippen molar-refractivity contribution in [3.8, 4) is 0 Å². The highest BCUT2D eigenvalue weighted by molar-refractivity contribution is 5.23. The zero-order valence-corrected chi connectivity index (χ0v) is 17.5. The lowest BCUT2D eigenvalue weighted by Gasteiger charge is -2.40. The number of hydrogen-bond acceptors (Lipinski definition) is 3. The van der Waals surface area contributed by atoms with Crippen molar-refractivity contribution in [3.05, 3.63) is 65.2 Å². The number of hydrogen-bond donors (Lipinski definition) is 1. The summed E-state index contributed by atoms with van der Waals surface area (Å²) in [6.07, 6.45) is -4.62. The van der Waals surface area contributed by atoms with Crippen LogP contribution in [-0.2, 0) is 12.0 Å². The lowest BCUT2D eigenvalue weighted by molar-refractivity contribution is -0.239. The summed E-state index contributed by atoms with van der Waals surface area (Å²) in [5.74, 6) is -0.385. The SMILES string of the molecule is Cc1ccc(C(C)(C)N2CC[C@@](CCc3ccc(F)cc3)(C(O)C(F)(F)F)C2)cn1. The molecule has 164 valence electrons. The van der Waals surface area contributed by atoms with E-state index in [1.54, 1.807) is 18.3 Å². The Hall–Kier alpha value is -1.99. The zero-order chi connectivity index (χ0) is 22.2. The Labute approximate surface area is 174 Å². The quantitative estimate of drug-likeness (QED) is 0.662. The van der Waals surface area contributed by atoms with Gasteiger partial charge in [-0.15, -0.1) is 0 Å². The molecule has 2 atom stereocenters. The standard InChI is InChI=1S/C23H28F4N2O/c1-16-4-7-18(14-28-16)21(2,3)29-13-12-22(15-29,20(30)23(25,26)27)11-10-17-5-8-19(24)9-6-17/h4-9,14,20,30H,10-13,15H2,1-3H3/t20?,22-/m1/s1. The number of aliphatic hydroxyl groups excluding tert-OH is 1. The van der Waals surface area contributed by atoms with Gasteiger partial charge in [-0.2, -0.15) is 13.2 Å². The maximum absolute atomic E-state index is 13.6. The van der Waals surface area contributed by atoms with Crippen LogP contribution < -0.4 is 0 Å². The highest BCUT2D eigenvalue weighted by atomic mass is 19.4. The van der Waals surface area contributed by atoms with Gasteiger partial charge in [0.2, 0.25) is 0 Å². The van der Waals surface area contributed by atoms with Crippen LogP contribution in [0.5, 0.6) is 0 Å². The molecule has 1 aromatic heterocycles. The van der Waals surface area contributed by atoms with Crippen molar-refractivity contribution in [1.82, 2.24) is 9.88 Å². The van der Waals surface area contributed by atoms with E-state index in [0.717, 1.165) is 16.8 Å². The normalized spacial score (nSPS) is 21.7. The van der Waals surface area contributed by atoms with Crippen LogP contribution in [0.3, 0.4) is 0 Å². The average molecular weight is 424 g/mol. The van der Waals surface area contributed by atoms with Crippen molar-refractivity contribution in [2.24, 2.45) is 5.41 Å². The fourth-order valence-electron chi connectivity index (χ4n) is 4.34. The largest absolute Gasteiger partial charge is 0.414 e. The van der Waals surface area contributed by atoms with Gasteiger partial charge in [0, 0.05) is 29.4 Å². The molecule has 0 bridgehead atoms. The summed E-state index contributed by atoms with van der Waals surface area (Å²) in [6.45, 7) is 6.38. The average Bonchev–Trinajstić information content (AvgIpc) is 3.13. The van der Waals surface area contributed by atoms with Gasteiger partial charge in [0.25, 0.3) is 0 Å². The Bertz CT molecular complexity index is 849. The van der Waals surface area contributed by atoms with Crippen LogP contribution in [0.2, 0.25) is 0 Å². The molecule has 1 N–H and O–H groups in total. The number of aliphatic hydroxyl groups is 1. The lowest BCUT2D eigenvalue weighted by atomic mass is 9.75. The molecule has 1 unspecified atom stereocenters. The molecule has 3 rings (SSSR count). The maximum Gasteiger partial charge on any atom is 0.414 e. The molecule has 1 aliphatic rings. The van der Waals surface area contributed by atoms with Gasteiger partial charge in [-0.3, -0.25) is 9.88 Å². The fourth-order valence-corrected chi connectivity index (χ4v) is 4.34. The van der Waals surface area contributed by atoms with Gasteiger partial charge in [-0.25, -0.2) is 4.39 Å². The fraction of sp³-hybridized carbons (Fsp3) is 0.522. The molecule has 7 heteroatoms. The third-order valence-electron chi connectivity index (χ3n) is 6.51. The summed E-state index contributed by atoms with van der Waals surface area (Å²) < 4.78 is 53.9. The third-order valence-corrected chi connectivity index (χ3v) is 6.51. The van der Waals surface area contributed by atoms with Gasteiger partial charge >= 0.3 is 6.18 Å². The topological polar surface area (TPSA) is 36.4 Å². The molecule has 0 spiro atoms. The number of aryl methyl sites for hydroxylation is 2. The number of halogens is 4. The first-order valence-corrected chi connectivity index (χ1v) is 10.1. The Kier molecular flexibility index (Phi) is 6.25. The second-order valence-electron chi connectivity index (χ2n) is 8.85. The van der Waals surface area contributed by atoms with Crippen molar-refractivity contribution in [1.29, 1.82) is 0 Å². The van der Waals surface area contributed by atoms with Crippen molar-refractivity contribution in [2.45, 2.75) is 57.9 Å². The van der Waals surface area contributed by atoms with Crippen molar-refractivity contribution in [2.75, 3.05) is 13.1 Å². The minimum atomic E-state index is -4.70. The molecule has 1 aromatic carbocycles. The first kappa shape index (κ1) is 22.7. The zero-order valence-electron chi connectivity index (χ0n) is 17.5. The molecule has 0 aliphatic carbocycles. The molecule has 3 nitrogen and oxygen atoms in total.